The van der Waals surface area contributed by atoms with Crippen molar-refractivity contribution in [2.75, 3.05) is 13.1 Å². The van der Waals surface area contributed by atoms with Crippen molar-refractivity contribution >= 4 is 5.91 Å². The van der Waals surface area contributed by atoms with Gasteiger partial charge in [-0.05, 0) is 42.7 Å². The van der Waals surface area contributed by atoms with Crippen LogP contribution < -0.4 is 0 Å². The SMILES string of the molecule is O=C(c1cn[nH]c1C1CCCCC1)N1CC[C@@H](Cc2ccc(CO)cc2)C1. The Labute approximate surface area is 160 Å². The standard InChI is InChI=1S/C22H29N3O2/c26-15-17-8-6-16(7-9-17)12-18-10-11-25(14-18)22(27)20-13-23-24-21(20)19-4-2-1-3-5-19/h6-9,13,18-19,26H,1-5,10-12,14-15H2,(H,23,24)/t18-/m0/s1. The molecular formula is C22H29N3O2. The van der Waals surface area contributed by atoms with E-state index in [0.29, 0.717) is 11.8 Å². The van der Waals surface area contributed by atoms with Gasteiger partial charge in [0.15, 0.2) is 0 Å². The molecule has 2 fully saturated rings. The van der Waals surface area contributed by atoms with Crippen LogP contribution in [0.25, 0.3) is 0 Å². The van der Waals surface area contributed by atoms with Gasteiger partial charge in [0, 0.05) is 19.0 Å². The van der Waals surface area contributed by atoms with E-state index in [-0.39, 0.29) is 12.5 Å². The number of aromatic amines is 1. The molecule has 5 heteroatoms. The van der Waals surface area contributed by atoms with E-state index in [0.717, 1.165) is 55.6 Å². The number of nitrogens with one attached hydrogen (secondary N) is 1. The van der Waals surface area contributed by atoms with Crippen LogP contribution >= 0.6 is 0 Å². The Bertz CT molecular complexity index is 762. The zero-order chi connectivity index (χ0) is 18.6. The number of carbonyl (C=O) groups excluding carboxylic acids is 1. The molecule has 0 bridgehead atoms. The molecule has 1 aliphatic heterocycles. The highest BCUT2D eigenvalue weighted by molar-refractivity contribution is 5.95. The first-order chi connectivity index (χ1) is 13.2. The molecule has 4 rings (SSSR count). The zero-order valence-corrected chi connectivity index (χ0v) is 15.9. The smallest absolute Gasteiger partial charge is 0.257 e. The number of nitrogens with zero attached hydrogens (tertiary/aromatic N) is 2. The van der Waals surface area contributed by atoms with Crippen molar-refractivity contribution in [3.63, 3.8) is 0 Å². The molecule has 1 aliphatic carbocycles. The third-order valence-corrected chi connectivity index (χ3v) is 6.22. The maximum Gasteiger partial charge on any atom is 0.257 e. The van der Waals surface area contributed by atoms with Gasteiger partial charge in [0.25, 0.3) is 5.91 Å². The monoisotopic (exact) mass is 367 g/mol. The molecule has 2 aliphatic rings. The van der Waals surface area contributed by atoms with Crippen LogP contribution in [0.3, 0.4) is 0 Å². The highest BCUT2D eigenvalue weighted by Crippen LogP contribution is 2.34. The molecule has 1 aromatic heterocycles. The number of H-pyrrole nitrogens is 1. The fraction of sp³-hybridized carbons (Fsp3) is 0.545. The molecule has 1 aromatic carbocycles. The molecule has 0 spiro atoms. The van der Waals surface area contributed by atoms with Gasteiger partial charge >= 0.3 is 0 Å². The minimum Gasteiger partial charge on any atom is -0.392 e. The Morgan fingerprint density at radius 3 is 2.59 bits per heavy atom. The van der Waals surface area contributed by atoms with Gasteiger partial charge in [0.1, 0.15) is 0 Å². The second-order valence-electron chi connectivity index (χ2n) is 8.12. The average Bonchev–Trinajstić information content (AvgIpc) is 3.38. The maximum absolute atomic E-state index is 13.1. The highest BCUT2D eigenvalue weighted by Gasteiger charge is 2.31. The van der Waals surface area contributed by atoms with Crippen molar-refractivity contribution in [3.8, 4) is 0 Å². The van der Waals surface area contributed by atoms with Gasteiger partial charge in [0.05, 0.1) is 24.1 Å². The topological polar surface area (TPSA) is 69.2 Å². The third-order valence-electron chi connectivity index (χ3n) is 6.22. The van der Waals surface area contributed by atoms with Gasteiger partial charge in [-0.25, -0.2) is 0 Å². The Balaban J connectivity index is 1.38. The van der Waals surface area contributed by atoms with Gasteiger partial charge in [-0.2, -0.15) is 5.10 Å². The lowest BCUT2D eigenvalue weighted by molar-refractivity contribution is 0.0785. The summed E-state index contributed by atoms with van der Waals surface area (Å²) in [7, 11) is 0. The summed E-state index contributed by atoms with van der Waals surface area (Å²) < 4.78 is 0. The minimum atomic E-state index is 0.0833. The fourth-order valence-electron chi connectivity index (χ4n) is 4.64. The molecule has 144 valence electrons. The number of likely N-dealkylation sites (tertiary alicyclic amines) is 1. The second-order valence-corrected chi connectivity index (χ2v) is 8.12. The van der Waals surface area contributed by atoms with Crippen LogP contribution in [0, 0.1) is 5.92 Å². The predicted octanol–water partition coefficient (Wildman–Crippen LogP) is 3.65. The number of rotatable bonds is 5. The first-order valence-electron chi connectivity index (χ1n) is 10.3. The van der Waals surface area contributed by atoms with Gasteiger partial charge in [-0.3, -0.25) is 9.89 Å². The minimum absolute atomic E-state index is 0.0833. The number of carbonyl (C=O) groups is 1. The summed E-state index contributed by atoms with van der Waals surface area (Å²) in [5.74, 6) is 1.10. The summed E-state index contributed by atoms with van der Waals surface area (Å²) in [6, 6.07) is 8.14. The molecule has 27 heavy (non-hydrogen) atoms. The predicted molar refractivity (Wildman–Crippen MR) is 104 cm³/mol. The average molecular weight is 367 g/mol. The molecule has 2 aromatic rings. The molecule has 5 nitrogen and oxygen atoms in total. The molecule has 1 saturated heterocycles. The summed E-state index contributed by atoms with van der Waals surface area (Å²) in [5, 5.41) is 16.5. The Kier molecular flexibility index (Phi) is 5.58. The Morgan fingerprint density at radius 2 is 1.85 bits per heavy atom. The number of benzene rings is 1. The number of hydrogen-bond acceptors (Lipinski definition) is 3. The van der Waals surface area contributed by atoms with Crippen molar-refractivity contribution < 1.29 is 9.90 Å². The van der Waals surface area contributed by atoms with E-state index in [2.05, 4.69) is 22.3 Å². The number of aliphatic hydroxyl groups excluding tert-OH is 1. The molecule has 1 atom stereocenters. The van der Waals surface area contributed by atoms with Crippen molar-refractivity contribution in [2.24, 2.45) is 5.92 Å². The summed E-state index contributed by atoms with van der Waals surface area (Å²) in [6.07, 6.45) is 9.88. The van der Waals surface area contributed by atoms with E-state index in [1.54, 1.807) is 6.20 Å². The summed E-state index contributed by atoms with van der Waals surface area (Å²) in [4.78, 5) is 15.1. The van der Waals surface area contributed by atoms with Gasteiger partial charge in [0.2, 0.25) is 0 Å². The number of aliphatic hydroxyl groups is 1. The van der Waals surface area contributed by atoms with Crippen LogP contribution in [0.4, 0.5) is 0 Å². The molecular weight excluding hydrogens is 338 g/mol. The van der Waals surface area contributed by atoms with Crippen LogP contribution in [0.5, 0.6) is 0 Å². The van der Waals surface area contributed by atoms with Crippen molar-refractivity contribution in [2.45, 2.75) is 57.5 Å². The zero-order valence-electron chi connectivity index (χ0n) is 15.9. The first-order valence-corrected chi connectivity index (χ1v) is 10.3. The molecule has 0 radical (unpaired) electrons. The van der Waals surface area contributed by atoms with Crippen molar-refractivity contribution in [3.05, 3.63) is 52.8 Å². The van der Waals surface area contributed by atoms with Crippen molar-refractivity contribution in [1.82, 2.24) is 15.1 Å². The first kappa shape index (κ1) is 18.2. The lowest BCUT2D eigenvalue weighted by Gasteiger charge is -2.23. The molecule has 0 unspecified atom stereocenters. The van der Waals surface area contributed by atoms with E-state index in [9.17, 15) is 4.79 Å². The molecule has 2 heterocycles. The number of aromatic nitrogens is 2. The van der Waals surface area contributed by atoms with Crippen LogP contribution in [-0.4, -0.2) is 39.2 Å². The van der Waals surface area contributed by atoms with E-state index >= 15 is 0 Å². The van der Waals surface area contributed by atoms with Gasteiger partial charge in [-0.1, -0.05) is 43.5 Å². The number of hydrogen-bond donors (Lipinski definition) is 2. The van der Waals surface area contributed by atoms with Gasteiger partial charge in [-0.15, -0.1) is 0 Å². The number of amides is 1. The maximum atomic E-state index is 13.1. The third kappa shape index (κ3) is 4.08. The summed E-state index contributed by atoms with van der Waals surface area (Å²) in [5.41, 5.74) is 4.06. The lowest BCUT2D eigenvalue weighted by atomic mass is 9.85. The van der Waals surface area contributed by atoms with E-state index in [1.807, 2.05) is 17.0 Å². The molecule has 1 saturated carbocycles. The summed E-state index contributed by atoms with van der Waals surface area (Å²) >= 11 is 0. The highest BCUT2D eigenvalue weighted by atomic mass is 16.3. The fourth-order valence-corrected chi connectivity index (χ4v) is 4.64. The normalized spacial score (nSPS) is 20.9. The van der Waals surface area contributed by atoms with E-state index in [1.165, 1.54) is 24.8 Å². The van der Waals surface area contributed by atoms with Crippen molar-refractivity contribution in [1.29, 1.82) is 0 Å². The molecule has 1 amide bonds. The summed E-state index contributed by atoms with van der Waals surface area (Å²) in [6.45, 7) is 1.73. The second kappa shape index (κ2) is 8.26. The van der Waals surface area contributed by atoms with Crippen LogP contribution in [0.15, 0.2) is 30.5 Å². The largest absolute Gasteiger partial charge is 0.392 e. The van der Waals surface area contributed by atoms with E-state index in [4.69, 9.17) is 5.11 Å². The lowest BCUT2D eigenvalue weighted by Crippen LogP contribution is -2.29. The van der Waals surface area contributed by atoms with E-state index < -0.39 is 0 Å². The Hall–Kier alpha value is -2.14. The van der Waals surface area contributed by atoms with Gasteiger partial charge < -0.3 is 10.0 Å². The van der Waals surface area contributed by atoms with Crippen LogP contribution in [0.1, 0.15) is 71.6 Å². The Morgan fingerprint density at radius 1 is 1.11 bits per heavy atom. The molecule has 2 N–H and O–H groups in total. The van der Waals surface area contributed by atoms with Crippen LogP contribution in [-0.2, 0) is 13.0 Å². The quantitative estimate of drug-likeness (QED) is 0.847. The van der Waals surface area contributed by atoms with Crippen LogP contribution in [0.2, 0.25) is 0 Å².